The zero-order chi connectivity index (χ0) is 23.6. The average molecular weight is 459 g/mol. The van der Waals surface area contributed by atoms with Gasteiger partial charge >= 0.3 is 6.09 Å². The first-order valence-corrected chi connectivity index (χ1v) is 10.0. The number of rotatable bonds is 6. The summed E-state index contributed by atoms with van der Waals surface area (Å²) in [5.41, 5.74) is 5.09. The van der Waals surface area contributed by atoms with Crippen LogP contribution in [0, 0.1) is 0 Å². The molecule has 0 bridgehead atoms. The maximum Gasteiger partial charge on any atom is 0.404 e. The van der Waals surface area contributed by atoms with Gasteiger partial charge in [-0.2, -0.15) is 0 Å². The third kappa shape index (κ3) is 4.71. The van der Waals surface area contributed by atoms with Crippen LogP contribution in [0.15, 0.2) is 4.99 Å². The Hall–Kier alpha value is -2.72. The smallest absolute Gasteiger partial charge is 0.404 e. The van der Waals surface area contributed by atoms with E-state index in [1.807, 2.05) is 0 Å². The average Bonchev–Trinajstić information content (AvgIpc) is 3.17. The predicted octanol–water partition coefficient (Wildman–Crippen LogP) is -5.65. The first-order chi connectivity index (χ1) is 15.2. The zero-order valence-corrected chi connectivity index (χ0v) is 17.6. The van der Waals surface area contributed by atoms with Gasteiger partial charge in [0, 0.05) is 13.6 Å². The summed E-state index contributed by atoms with van der Waals surface area (Å²) in [6.45, 7) is -0.607. The number of nitrogens with zero attached hydrogens (tertiary/aromatic N) is 2. The molecular weight excluding hydrogens is 430 g/mol. The fraction of sp³-hybridized carbons (Fsp3) is 0.765. The van der Waals surface area contributed by atoms with Crippen molar-refractivity contribution in [1.82, 2.24) is 26.2 Å². The number of piperidine rings is 1. The third-order valence-corrected chi connectivity index (χ3v) is 5.64. The van der Waals surface area contributed by atoms with Crippen LogP contribution in [0.3, 0.4) is 0 Å². The van der Waals surface area contributed by atoms with E-state index in [9.17, 15) is 29.7 Å². The van der Waals surface area contributed by atoms with E-state index in [-0.39, 0.29) is 25.0 Å². The number of fused-ring (bicyclic) bond motifs is 1. The second kappa shape index (κ2) is 9.83. The minimum Gasteiger partial charge on any atom is -0.441 e. The number of β-amino-alcohol motifs (C(OH)–C–C–N with tert-alkyl or cyclic N) is 1. The second-order valence-corrected chi connectivity index (χ2v) is 7.74. The summed E-state index contributed by atoms with van der Waals surface area (Å²) in [7, 11) is 3.00. The Balaban J connectivity index is 1.85. The minimum absolute atomic E-state index is 0.0487. The van der Waals surface area contributed by atoms with E-state index in [1.54, 1.807) is 7.05 Å². The summed E-state index contributed by atoms with van der Waals surface area (Å²) in [6, 6.07) is -2.65. The van der Waals surface area contributed by atoms with Crippen LogP contribution >= 0.6 is 0 Å². The molecule has 9 N–H and O–H groups in total. The van der Waals surface area contributed by atoms with Crippen molar-refractivity contribution >= 4 is 23.9 Å². The summed E-state index contributed by atoms with van der Waals surface area (Å²) in [6.07, 6.45) is -7.21. The Bertz CT molecular complexity index is 767. The van der Waals surface area contributed by atoms with E-state index in [0.717, 1.165) is 0 Å². The van der Waals surface area contributed by atoms with Gasteiger partial charge in [0.2, 0.25) is 11.8 Å². The zero-order valence-electron chi connectivity index (χ0n) is 17.6. The van der Waals surface area contributed by atoms with E-state index in [0.29, 0.717) is 0 Å². The van der Waals surface area contributed by atoms with E-state index in [2.05, 4.69) is 26.3 Å². The third-order valence-electron chi connectivity index (χ3n) is 5.64. The highest BCUT2D eigenvalue weighted by Gasteiger charge is 2.51. The van der Waals surface area contributed by atoms with Gasteiger partial charge in [-0.3, -0.25) is 9.59 Å². The number of aliphatic imine (C=N–C) groups is 1. The van der Waals surface area contributed by atoms with Gasteiger partial charge in [0.15, 0.2) is 24.3 Å². The van der Waals surface area contributed by atoms with Crippen LogP contribution in [0.5, 0.6) is 0 Å². The van der Waals surface area contributed by atoms with Crippen molar-refractivity contribution < 1.29 is 39.2 Å². The Labute approximate surface area is 183 Å². The van der Waals surface area contributed by atoms with Crippen molar-refractivity contribution in [2.45, 2.75) is 48.8 Å². The van der Waals surface area contributed by atoms with Gasteiger partial charge in [0.25, 0.3) is 0 Å². The lowest BCUT2D eigenvalue weighted by Gasteiger charge is -2.47. The molecule has 15 heteroatoms. The molecule has 0 saturated carbocycles. The SMILES string of the molecule is CNCC(=O)N(C)[C@H]1[C@@H](O)[C@@H](OC(N)=O)[C@@H](CO)O[C@@H]1NC1=N[C@H]2C(=O)NC[C@@H](O)[C@H]2N1. The van der Waals surface area contributed by atoms with Crippen LogP contribution in [-0.2, 0) is 19.1 Å². The summed E-state index contributed by atoms with van der Waals surface area (Å²) in [4.78, 5) is 41.3. The number of hydrogen-bond donors (Lipinski definition) is 8. The van der Waals surface area contributed by atoms with Gasteiger partial charge < -0.3 is 56.7 Å². The van der Waals surface area contributed by atoms with Crippen molar-refractivity contribution in [1.29, 1.82) is 0 Å². The normalized spacial score (nSPS) is 36.3. The van der Waals surface area contributed by atoms with Crippen LogP contribution in [0.1, 0.15) is 0 Å². The van der Waals surface area contributed by atoms with Crippen LogP contribution in [-0.4, -0.2) is 127 Å². The number of ether oxygens (including phenoxy) is 2. The monoisotopic (exact) mass is 459 g/mol. The predicted molar refractivity (Wildman–Crippen MR) is 107 cm³/mol. The van der Waals surface area contributed by atoms with Gasteiger partial charge in [-0.15, -0.1) is 0 Å². The molecule has 0 aromatic carbocycles. The number of aliphatic hydroxyl groups is 3. The highest BCUT2D eigenvalue weighted by atomic mass is 16.6. The lowest BCUT2D eigenvalue weighted by atomic mass is 9.94. The minimum atomic E-state index is -1.49. The van der Waals surface area contributed by atoms with E-state index in [1.165, 1.54) is 11.9 Å². The molecule has 0 aromatic heterocycles. The molecule has 3 aliphatic heterocycles. The second-order valence-electron chi connectivity index (χ2n) is 7.74. The van der Waals surface area contributed by atoms with E-state index < -0.39 is 67.4 Å². The number of primary amides is 1. The number of nitrogens with one attached hydrogen (secondary N) is 4. The molecule has 0 spiro atoms. The highest BCUT2D eigenvalue weighted by molar-refractivity contribution is 5.92. The molecule has 0 radical (unpaired) electrons. The molecule has 3 aliphatic rings. The number of amides is 3. The molecule has 8 atom stereocenters. The fourth-order valence-electron chi connectivity index (χ4n) is 4.03. The Morgan fingerprint density at radius 2 is 2.12 bits per heavy atom. The molecule has 32 heavy (non-hydrogen) atoms. The number of carbonyl (C=O) groups excluding carboxylic acids is 3. The number of aliphatic hydroxyl groups excluding tert-OH is 3. The summed E-state index contributed by atoms with van der Waals surface area (Å²) in [5, 5.41) is 41.8. The molecule has 3 amide bonds. The number of guanidine groups is 1. The first-order valence-electron chi connectivity index (χ1n) is 10.0. The van der Waals surface area contributed by atoms with Gasteiger partial charge in [-0.1, -0.05) is 0 Å². The molecule has 0 unspecified atom stereocenters. The van der Waals surface area contributed by atoms with Crippen molar-refractivity contribution in [3.63, 3.8) is 0 Å². The van der Waals surface area contributed by atoms with Crippen molar-refractivity contribution in [3.05, 3.63) is 0 Å². The quantitative estimate of drug-likeness (QED) is 0.187. The van der Waals surface area contributed by atoms with E-state index in [4.69, 9.17) is 15.2 Å². The Kier molecular flexibility index (Phi) is 7.35. The molecular formula is C17H29N7O8. The molecule has 0 aromatic rings. The van der Waals surface area contributed by atoms with Gasteiger partial charge in [0.05, 0.1) is 25.3 Å². The van der Waals surface area contributed by atoms with E-state index >= 15 is 0 Å². The lowest BCUT2D eigenvalue weighted by Crippen LogP contribution is -2.70. The number of likely N-dealkylation sites (N-methyl/N-ethyl adjacent to an activating group) is 2. The molecule has 15 nitrogen and oxygen atoms in total. The van der Waals surface area contributed by atoms with Crippen LogP contribution in [0.4, 0.5) is 4.79 Å². The van der Waals surface area contributed by atoms with Crippen molar-refractivity contribution in [3.8, 4) is 0 Å². The number of nitrogens with two attached hydrogens (primary N) is 1. The maximum atomic E-state index is 12.5. The largest absolute Gasteiger partial charge is 0.441 e. The topological polar surface area (TPSA) is 220 Å². The Morgan fingerprint density at radius 1 is 1.41 bits per heavy atom. The van der Waals surface area contributed by atoms with Crippen molar-refractivity contribution in [2.24, 2.45) is 10.7 Å². The molecule has 2 fully saturated rings. The van der Waals surface area contributed by atoms with Crippen LogP contribution in [0.2, 0.25) is 0 Å². The lowest BCUT2D eigenvalue weighted by molar-refractivity contribution is -0.215. The number of hydrogen-bond acceptors (Lipinski definition) is 12. The fourth-order valence-corrected chi connectivity index (χ4v) is 4.03. The molecule has 3 rings (SSSR count). The Morgan fingerprint density at radius 3 is 2.72 bits per heavy atom. The first kappa shape index (κ1) is 23.9. The van der Waals surface area contributed by atoms with Crippen LogP contribution in [0.25, 0.3) is 0 Å². The maximum absolute atomic E-state index is 12.5. The van der Waals surface area contributed by atoms with Gasteiger partial charge in [-0.05, 0) is 7.05 Å². The summed E-state index contributed by atoms with van der Waals surface area (Å²) < 4.78 is 10.7. The van der Waals surface area contributed by atoms with Gasteiger partial charge in [-0.25, -0.2) is 9.79 Å². The molecule has 180 valence electrons. The standard InChI is InChI=1S/C17H29N7O8/c1-19-4-8(27)24(2)11-12(28)13(32-16(18)30)7(5-25)31-15(11)23-17-21-9-6(26)3-20-14(29)10(9)22-17/h6-7,9-13,15,19,25-26,28H,3-5H2,1-2H3,(H2,18,30)(H,20,29)(H2,21,22,23)/t6-,7-,9-,10-,11+,12-,13+,15+/m1/s1. The van der Waals surface area contributed by atoms with Crippen LogP contribution < -0.4 is 27.0 Å². The molecule has 2 saturated heterocycles. The number of carbonyl (C=O) groups is 3. The molecule has 3 heterocycles. The summed E-state index contributed by atoms with van der Waals surface area (Å²) in [5.74, 6) is -0.675. The van der Waals surface area contributed by atoms with Crippen molar-refractivity contribution in [2.75, 3.05) is 33.8 Å². The summed E-state index contributed by atoms with van der Waals surface area (Å²) >= 11 is 0. The molecule has 0 aliphatic carbocycles. The highest BCUT2D eigenvalue weighted by Crippen LogP contribution is 2.26. The van der Waals surface area contributed by atoms with Gasteiger partial charge in [0.1, 0.15) is 18.2 Å².